The van der Waals surface area contributed by atoms with E-state index in [1.165, 1.54) is 12.0 Å². The standard InChI is InChI=1S/C15H19N3O/c1-10-15(17-8-7-16-10)11(2)18-13-4-3-5-14-12(13)6-9-19-14/h6-9,11,13,18H,3-5H2,1-2H3. The predicted octanol–water partition coefficient (Wildman–Crippen LogP) is 3.11. The van der Waals surface area contributed by atoms with Crippen LogP contribution >= 0.6 is 0 Å². The molecule has 2 aromatic rings. The monoisotopic (exact) mass is 257 g/mol. The zero-order chi connectivity index (χ0) is 13.2. The fourth-order valence-corrected chi connectivity index (χ4v) is 2.88. The van der Waals surface area contributed by atoms with E-state index in [2.05, 4.69) is 28.3 Å². The lowest BCUT2D eigenvalue weighted by Crippen LogP contribution is -2.28. The minimum atomic E-state index is 0.194. The molecule has 1 aliphatic rings. The van der Waals surface area contributed by atoms with E-state index in [-0.39, 0.29) is 6.04 Å². The van der Waals surface area contributed by atoms with Gasteiger partial charge in [-0.1, -0.05) is 0 Å². The van der Waals surface area contributed by atoms with Crippen molar-refractivity contribution in [1.29, 1.82) is 0 Å². The topological polar surface area (TPSA) is 51.0 Å². The van der Waals surface area contributed by atoms with Crippen molar-refractivity contribution in [2.75, 3.05) is 0 Å². The predicted molar refractivity (Wildman–Crippen MR) is 72.7 cm³/mol. The van der Waals surface area contributed by atoms with Crippen LogP contribution in [0.3, 0.4) is 0 Å². The van der Waals surface area contributed by atoms with Crippen molar-refractivity contribution in [2.45, 2.75) is 45.2 Å². The Balaban J connectivity index is 1.78. The molecule has 2 heterocycles. The maximum Gasteiger partial charge on any atom is 0.108 e. The van der Waals surface area contributed by atoms with Gasteiger partial charge in [-0.2, -0.15) is 0 Å². The maximum absolute atomic E-state index is 5.53. The second-order valence-electron chi connectivity index (χ2n) is 5.16. The fraction of sp³-hybridized carbons (Fsp3) is 0.467. The highest BCUT2D eigenvalue weighted by atomic mass is 16.3. The highest BCUT2D eigenvalue weighted by Crippen LogP contribution is 2.32. The second kappa shape index (κ2) is 5.13. The van der Waals surface area contributed by atoms with Crippen molar-refractivity contribution in [1.82, 2.24) is 15.3 Å². The van der Waals surface area contributed by atoms with Crippen LogP contribution < -0.4 is 5.32 Å². The van der Waals surface area contributed by atoms with Crippen LogP contribution in [0.4, 0.5) is 0 Å². The largest absolute Gasteiger partial charge is 0.469 e. The van der Waals surface area contributed by atoms with E-state index in [0.717, 1.165) is 30.0 Å². The lowest BCUT2D eigenvalue weighted by atomic mass is 9.92. The van der Waals surface area contributed by atoms with Gasteiger partial charge < -0.3 is 9.73 Å². The van der Waals surface area contributed by atoms with Gasteiger partial charge in [-0.05, 0) is 32.8 Å². The maximum atomic E-state index is 5.53. The zero-order valence-electron chi connectivity index (χ0n) is 11.4. The van der Waals surface area contributed by atoms with Gasteiger partial charge in [-0.3, -0.25) is 9.97 Å². The number of hydrogen-bond donors (Lipinski definition) is 1. The van der Waals surface area contributed by atoms with Gasteiger partial charge in [0.15, 0.2) is 0 Å². The smallest absolute Gasteiger partial charge is 0.108 e. The van der Waals surface area contributed by atoms with E-state index in [1.807, 2.05) is 6.92 Å². The summed E-state index contributed by atoms with van der Waals surface area (Å²) < 4.78 is 5.53. The molecule has 0 saturated carbocycles. The lowest BCUT2D eigenvalue weighted by Gasteiger charge is -2.26. The van der Waals surface area contributed by atoms with Gasteiger partial charge >= 0.3 is 0 Å². The normalized spacial score (nSPS) is 20.0. The summed E-state index contributed by atoms with van der Waals surface area (Å²) in [7, 11) is 0. The third-order valence-corrected chi connectivity index (χ3v) is 3.83. The highest BCUT2D eigenvalue weighted by molar-refractivity contribution is 5.25. The SMILES string of the molecule is Cc1nccnc1C(C)NC1CCCc2occc21. The summed E-state index contributed by atoms with van der Waals surface area (Å²) in [4.78, 5) is 8.75. The third kappa shape index (κ3) is 2.40. The summed E-state index contributed by atoms with van der Waals surface area (Å²) in [6, 6.07) is 2.64. The minimum Gasteiger partial charge on any atom is -0.469 e. The van der Waals surface area contributed by atoms with Crippen molar-refractivity contribution < 1.29 is 4.42 Å². The number of nitrogens with one attached hydrogen (secondary N) is 1. The van der Waals surface area contributed by atoms with Crippen LogP contribution in [0.5, 0.6) is 0 Å². The summed E-state index contributed by atoms with van der Waals surface area (Å²) in [6.07, 6.45) is 8.66. The first-order valence-electron chi connectivity index (χ1n) is 6.85. The van der Waals surface area contributed by atoms with E-state index in [1.54, 1.807) is 18.7 Å². The molecule has 100 valence electrons. The van der Waals surface area contributed by atoms with Gasteiger partial charge in [0.2, 0.25) is 0 Å². The van der Waals surface area contributed by atoms with E-state index >= 15 is 0 Å². The molecule has 0 radical (unpaired) electrons. The Labute approximate surface area is 113 Å². The minimum absolute atomic E-state index is 0.194. The molecule has 1 N–H and O–H groups in total. The lowest BCUT2D eigenvalue weighted by molar-refractivity contribution is 0.382. The number of hydrogen-bond acceptors (Lipinski definition) is 4. The van der Waals surface area contributed by atoms with Crippen LogP contribution in [0.15, 0.2) is 29.1 Å². The number of nitrogens with zero attached hydrogens (tertiary/aromatic N) is 2. The highest BCUT2D eigenvalue weighted by Gasteiger charge is 2.24. The Kier molecular flexibility index (Phi) is 3.34. The number of fused-ring (bicyclic) bond motifs is 1. The Bertz CT molecular complexity index is 564. The quantitative estimate of drug-likeness (QED) is 0.918. The first-order chi connectivity index (χ1) is 9.25. The summed E-state index contributed by atoms with van der Waals surface area (Å²) in [6.45, 7) is 4.15. The van der Waals surface area contributed by atoms with Gasteiger partial charge in [0.1, 0.15) is 5.76 Å². The van der Waals surface area contributed by atoms with Crippen LogP contribution in [0, 0.1) is 6.92 Å². The molecule has 2 atom stereocenters. The van der Waals surface area contributed by atoms with Gasteiger partial charge in [-0.15, -0.1) is 0 Å². The Morgan fingerprint density at radius 2 is 2.21 bits per heavy atom. The third-order valence-electron chi connectivity index (χ3n) is 3.83. The van der Waals surface area contributed by atoms with E-state index in [4.69, 9.17) is 4.42 Å². The molecule has 3 rings (SSSR count). The van der Waals surface area contributed by atoms with Crippen molar-refractivity contribution in [3.63, 3.8) is 0 Å². The summed E-state index contributed by atoms with van der Waals surface area (Å²) in [5, 5.41) is 3.66. The summed E-state index contributed by atoms with van der Waals surface area (Å²) in [5.74, 6) is 1.13. The second-order valence-corrected chi connectivity index (χ2v) is 5.16. The molecule has 0 bridgehead atoms. The first-order valence-corrected chi connectivity index (χ1v) is 6.85. The molecule has 4 heteroatoms. The molecule has 2 unspecified atom stereocenters. The number of rotatable bonds is 3. The van der Waals surface area contributed by atoms with Crippen molar-refractivity contribution in [2.24, 2.45) is 0 Å². The Hall–Kier alpha value is -1.68. The number of aromatic nitrogens is 2. The summed E-state index contributed by atoms with van der Waals surface area (Å²) in [5.41, 5.74) is 3.32. The van der Waals surface area contributed by atoms with Crippen LogP contribution in [0.25, 0.3) is 0 Å². The van der Waals surface area contributed by atoms with Crippen molar-refractivity contribution in [3.05, 3.63) is 47.4 Å². The molecule has 0 aliphatic heterocycles. The van der Waals surface area contributed by atoms with Gasteiger partial charge in [0, 0.05) is 36.5 Å². The average Bonchev–Trinajstić information content (AvgIpc) is 2.88. The molecule has 0 amide bonds. The Morgan fingerprint density at radius 3 is 3.05 bits per heavy atom. The molecular formula is C15H19N3O. The van der Waals surface area contributed by atoms with Crippen LogP contribution in [-0.2, 0) is 6.42 Å². The van der Waals surface area contributed by atoms with Gasteiger partial charge in [0.05, 0.1) is 17.7 Å². The molecule has 4 nitrogen and oxygen atoms in total. The zero-order valence-corrected chi connectivity index (χ0v) is 11.4. The molecule has 0 aromatic carbocycles. The fourth-order valence-electron chi connectivity index (χ4n) is 2.88. The molecule has 0 fully saturated rings. The van der Waals surface area contributed by atoms with Crippen LogP contribution in [0.2, 0.25) is 0 Å². The van der Waals surface area contributed by atoms with E-state index < -0.39 is 0 Å². The van der Waals surface area contributed by atoms with Crippen molar-refractivity contribution >= 4 is 0 Å². The molecule has 2 aromatic heterocycles. The average molecular weight is 257 g/mol. The first kappa shape index (κ1) is 12.4. The molecular weight excluding hydrogens is 238 g/mol. The Morgan fingerprint density at radius 1 is 1.37 bits per heavy atom. The van der Waals surface area contributed by atoms with Crippen LogP contribution in [0.1, 0.15) is 54.6 Å². The molecule has 1 aliphatic carbocycles. The number of furan rings is 1. The van der Waals surface area contributed by atoms with Crippen LogP contribution in [-0.4, -0.2) is 9.97 Å². The van der Waals surface area contributed by atoms with E-state index in [0.29, 0.717) is 6.04 Å². The molecule has 0 saturated heterocycles. The summed E-state index contributed by atoms with van der Waals surface area (Å²) >= 11 is 0. The van der Waals surface area contributed by atoms with E-state index in [9.17, 15) is 0 Å². The van der Waals surface area contributed by atoms with Gasteiger partial charge in [0.25, 0.3) is 0 Å². The van der Waals surface area contributed by atoms with Crippen molar-refractivity contribution in [3.8, 4) is 0 Å². The molecule has 19 heavy (non-hydrogen) atoms. The number of aryl methyl sites for hydroxylation is 2. The molecule has 0 spiro atoms. The van der Waals surface area contributed by atoms with Gasteiger partial charge in [-0.25, -0.2) is 0 Å².